The van der Waals surface area contributed by atoms with Gasteiger partial charge in [-0.1, -0.05) is 42.5 Å². The highest BCUT2D eigenvalue weighted by atomic mass is 15.3. The summed E-state index contributed by atoms with van der Waals surface area (Å²) in [6.45, 7) is 3.02. The topological polar surface area (TPSA) is 45.5 Å². The third kappa shape index (κ3) is 4.19. The van der Waals surface area contributed by atoms with Gasteiger partial charge < -0.3 is 10.2 Å². The van der Waals surface area contributed by atoms with Crippen LogP contribution < -0.4 is 5.32 Å². The molecule has 0 aliphatic carbocycles. The monoisotopic (exact) mass is 375 g/mol. The first-order valence-corrected chi connectivity index (χ1v) is 10.1. The van der Waals surface area contributed by atoms with E-state index >= 15 is 0 Å². The van der Waals surface area contributed by atoms with Crippen LogP contribution in [0.5, 0.6) is 0 Å². The molecule has 1 aliphatic rings. The number of benzene rings is 2. The predicted molar refractivity (Wildman–Crippen MR) is 116 cm³/mol. The first-order chi connectivity index (χ1) is 13.7. The lowest BCUT2D eigenvalue weighted by molar-refractivity contribution is 0.460. The molecule has 28 heavy (non-hydrogen) atoms. The number of guanidine groups is 1. The molecule has 0 amide bonds. The third-order valence-electron chi connectivity index (χ3n) is 5.64. The van der Waals surface area contributed by atoms with E-state index in [-0.39, 0.29) is 0 Å². The Kier molecular flexibility index (Phi) is 5.60. The van der Waals surface area contributed by atoms with Crippen molar-refractivity contribution in [1.82, 2.24) is 20.0 Å². The Morgan fingerprint density at radius 2 is 2.07 bits per heavy atom. The molecule has 1 saturated heterocycles. The normalized spacial score (nSPS) is 17.4. The Hall–Kier alpha value is -2.82. The van der Waals surface area contributed by atoms with Crippen LogP contribution in [0.25, 0.3) is 10.8 Å². The number of likely N-dealkylation sites (tertiary alicyclic amines) is 1. The third-order valence-corrected chi connectivity index (χ3v) is 5.64. The maximum Gasteiger partial charge on any atom is 0.193 e. The van der Waals surface area contributed by atoms with Crippen molar-refractivity contribution in [3.8, 4) is 0 Å². The van der Waals surface area contributed by atoms with E-state index in [2.05, 4.69) is 69.0 Å². The van der Waals surface area contributed by atoms with Crippen LogP contribution in [0.4, 0.5) is 0 Å². The predicted octanol–water partition coefficient (Wildman–Crippen LogP) is 3.26. The summed E-state index contributed by atoms with van der Waals surface area (Å²) in [5, 5.41) is 10.5. The van der Waals surface area contributed by atoms with E-state index in [0.717, 1.165) is 38.4 Å². The van der Waals surface area contributed by atoms with Crippen LogP contribution in [0, 0.1) is 5.92 Å². The molecule has 146 valence electrons. The average Bonchev–Trinajstić information content (AvgIpc) is 3.34. The largest absolute Gasteiger partial charge is 0.356 e. The van der Waals surface area contributed by atoms with Crippen molar-refractivity contribution in [2.75, 3.05) is 26.7 Å². The summed E-state index contributed by atoms with van der Waals surface area (Å²) in [6.07, 6.45) is 7.41. The highest BCUT2D eigenvalue weighted by Crippen LogP contribution is 2.21. The molecule has 1 atom stereocenters. The fourth-order valence-corrected chi connectivity index (χ4v) is 4.25. The maximum absolute atomic E-state index is 4.52. The van der Waals surface area contributed by atoms with Gasteiger partial charge in [0.25, 0.3) is 0 Å². The zero-order chi connectivity index (χ0) is 19.3. The summed E-state index contributed by atoms with van der Waals surface area (Å²) in [7, 11) is 3.86. The highest BCUT2D eigenvalue weighted by Gasteiger charge is 2.25. The van der Waals surface area contributed by atoms with Gasteiger partial charge in [-0.25, -0.2) is 0 Å². The number of nitrogens with zero attached hydrogens (tertiary/aromatic N) is 4. The zero-order valence-corrected chi connectivity index (χ0v) is 16.8. The first-order valence-electron chi connectivity index (χ1n) is 10.1. The number of aryl methyl sites for hydroxylation is 1. The Bertz CT molecular complexity index is 953. The van der Waals surface area contributed by atoms with E-state index in [1.54, 1.807) is 0 Å². The number of hydrogen-bond acceptors (Lipinski definition) is 2. The molecule has 1 fully saturated rings. The van der Waals surface area contributed by atoms with Crippen molar-refractivity contribution in [2.24, 2.45) is 18.0 Å². The SMILES string of the molecule is CN=C(NCCc1cccc2ccccc12)N1CCC(Cc2cnn(C)c2)C1. The molecule has 4 rings (SSSR count). The van der Waals surface area contributed by atoms with Gasteiger partial charge in [0.05, 0.1) is 6.20 Å². The Morgan fingerprint density at radius 3 is 2.89 bits per heavy atom. The van der Waals surface area contributed by atoms with Gasteiger partial charge in [-0.3, -0.25) is 9.67 Å². The number of aliphatic imine (C=N–C) groups is 1. The van der Waals surface area contributed by atoms with Crippen LogP contribution in [0.2, 0.25) is 0 Å². The minimum Gasteiger partial charge on any atom is -0.356 e. The molecule has 1 aromatic heterocycles. The van der Waals surface area contributed by atoms with Crippen LogP contribution in [0.1, 0.15) is 17.5 Å². The summed E-state index contributed by atoms with van der Waals surface area (Å²) in [5.41, 5.74) is 2.71. The zero-order valence-electron chi connectivity index (χ0n) is 16.8. The molecule has 0 radical (unpaired) electrons. The number of fused-ring (bicyclic) bond motifs is 1. The van der Waals surface area contributed by atoms with E-state index in [9.17, 15) is 0 Å². The van der Waals surface area contributed by atoms with Crippen LogP contribution in [-0.2, 0) is 19.9 Å². The molecule has 1 aliphatic heterocycles. The molecule has 0 spiro atoms. The molecule has 2 heterocycles. The summed E-state index contributed by atoms with van der Waals surface area (Å²) >= 11 is 0. The maximum atomic E-state index is 4.52. The van der Waals surface area contributed by atoms with Crippen molar-refractivity contribution >= 4 is 16.7 Å². The Labute approximate surface area is 167 Å². The molecular weight excluding hydrogens is 346 g/mol. The molecule has 1 unspecified atom stereocenters. The smallest absolute Gasteiger partial charge is 0.193 e. The van der Waals surface area contributed by atoms with Crippen LogP contribution >= 0.6 is 0 Å². The van der Waals surface area contributed by atoms with Crippen molar-refractivity contribution in [2.45, 2.75) is 19.3 Å². The fraction of sp³-hybridized carbons (Fsp3) is 0.391. The lowest BCUT2D eigenvalue weighted by Gasteiger charge is -2.22. The minimum atomic E-state index is 0.667. The number of rotatable bonds is 5. The summed E-state index contributed by atoms with van der Waals surface area (Å²) < 4.78 is 1.88. The molecule has 5 nitrogen and oxygen atoms in total. The minimum absolute atomic E-state index is 0.667. The van der Waals surface area contributed by atoms with Gasteiger partial charge in [0.15, 0.2) is 5.96 Å². The first kappa shape index (κ1) is 18.5. The van der Waals surface area contributed by atoms with Gasteiger partial charge >= 0.3 is 0 Å². The summed E-state index contributed by atoms with van der Waals surface area (Å²) in [4.78, 5) is 6.92. The van der Waals surface area contributed by atoms with Crippen molar-refractivity contribution in [1.29, 1.82) is 0 Å². The lowest BCUT2D eigenvalue weighted by Crippen LogP contribution is -2.41. The van der Waals surface area contributed by atoms with E-state index in [4.69, 9.17) is 0 Å². The molecule has 0 bridgehead atoms. The Balaban J connectivity index is 1.31. The number of nitrogens with one attached hydrogen (secondary N) is 1. The Morgan fingerprint density at radius 1 is 1.21 bits per heavy atom. The second-order valence-electron chi connectivity index (χ2n) is 7.69. The molecule has 5 heteroatoms. The molecule has 2 aromatic carbocycles. The van der Waals surface area contributed by atoms with Gasteiger partial charge in [0, 0.05) is 39.9 Å². The quantitative estimate of drug-likeness (QED) is 0.550. The number of aromatic nitrogens is 2. The second-order valence-corrected chi connectivity index (χ2v) is 7.69. The second kappa shape index (κ2) is 8.46. The fourth-order valence-electron chi connectivity index (χ4n) is 4.25. The van der Waals surface area contributed by atoms with E-state index in [1.165, 1.54) is 28.3 Å². The summed E-state index contributed by atoms with van der Waals surface area (Å²) in [5.74, 6) is 1.69. The summed E-state index contributed by atoms with van der Waals surface area (Å²) in [6, 6.07) is 15.2. The average molecular weight is 376 g/mol. The van der Waals surface area contributed by atoms with Crippen LogP contribution in [0.3, 0.4) is 0 Å². The van der Waals surface area contributed by atoms with Gasteiger partial charge in [0.1, 0.15) is 0 Å². The molecule has 3 aromatic rings. The standard InChI is InChI=1S/C23H29N5/c1-24-23(28-13-11-18(17-28)14-19-15-26-27(2)16-19)25-12-10-21-8-5-7-20-6-3-4-9-22(20)21/h3-9,15-16,18H,10-14,17H2,1-2H3,(H,24,25). The molecule has 1 N–H and O–H groups in total. The van der Waals surface area contributed by atoms with Crippen molar-refractivity contribution < 1.29 is 0 Å². The van der Waals surface area contributed by atoms with Gasteiger partial charge in [-0.05, 0) is 47.1 Å². The van der Waals surface area contributed by atoms with E-state index < -0.39 is 0 Å². The lowest BCUT2D eigenvalue weighted by atomic mass is 10.0. The van der Waals surface area contributed by atoms with Crippen LogP contribution in [0.15, 0.2) is 59.9 Å². The highest BCUT2D eigenvalue weighted by molar-refractivity contribution is 5.85. The van der Waals surface area contributed by atoms with Gasteiger partial charge in [-0.2, -0.15) is 5.10 Å². The van der Waals surface area contributed by atoms with E-state index in [1.807, 2.05) is 25.0 Å². The number of hydrogen-bond donors (Lipinski definition) is 1. The van der Waals surface area contributed by atoms with Crippen molar-refractivity contribution in [3.05, 3.63) is 66.0 Å². The molecule has 0 saturated carbocycles. The van der Waals surface area contributed by atoms with Gasteiger partial charge in [0.2, 0.25) is 0 Å². The molecular formula is C23H29N5. The van der Waals surface area contributed by atoms with Crippen molar-refractivity contribution in [3.63, 3.8) is 0 Å². The van der Waals surface area contributed by atoms with E-state index in [0.29, 0.717) is 5.92 Å². The van der Waals surface area contributed by atoms with Gasteiger partial charge in [-0.15, -0.1) is 0 Å². The van der Waals surface area contributed by atoms with Crippen LogP contribution in [-0.4, -0.2) is 47.3 Å².